The van der Waals surface area contributed by atoms with E-state index in [0.29, 0.717) is 0 Å². The van der Waals surface area contributed by atoms with Crippen LogP contribution in [0.5, 0.6) is 0 Å². The number of amides is 3. The average molecular weight is 1110 g/mol. The third-order valence-electron chi connectivity index (χ3n) is 13.6. The van der Waals surface area contributed by atoms with Gasteiger partial charge in [0, 0.05) is 20.8 Å². The molecule has 6 aliphatic rings. The van der Waals surface area contributed by atoms with E-state index in [2.05, 4.69) is 16.0 Å². The number of ether oxygens (including phenoxy) is 11. The molecule has 0 aliphatic carbocycles. The molecule has 6 heterocycles. The summed E-state index contributed by atoms with van der Waals surface area (Å²) >= 11 is 0. The van der Waals surface area contributed by atoms with Crippen LogP contribution in [0.25, 0.3) is 0 Å². The van der Waals surface area contributed by atoms with Gasteiger partial charge in [0.25, 0.3) is 0 Å². The van der Waals surface area contributed by atoms with Crippen LogP contribution in [0, 0.1) is 0 Å². The van der Waals surface area contributed by atoms with Crippen molar-refractivity contribution < 1.29 is 153 Å². The summed E-state index contributed by atoms with van der Waals surface area (Å²) in [6.45, 7) is -2.49. The standard InChI is InChI=1S/C42H71N3O31/c1-10(51)43-19-27(59)33(17(8-50)72-38(19)66-9-18-26(58)34(20(37(65)67-18)44-11(2)52)74-40-30(62)28(60)22(54)13(4-46)69-40)73-42-32(64)36(25(57)16(7-49)71-42)76-39-21(45-12(3)53)35(24(56)15(6-48)68-39)75-41-31(63)29(61)23(55)14(5-47)70-41/h13-42,46-50,54-65H,4-9H2,1-3H3,(H,43,51)(H,44,52)(H,45,53)/t13-,14-,15-,16-,17-,18-,19-,20-,21-,22+,23+,24-,25+,26+,27-,28+,29+,30-,31-,32-,33-,34-,35-,36+,37?,38-,39+,40+,41+,42+/m1/s1. The number of carbonyl (C=O) groups excluding carboxylic acids is 3. The molecule has 34 heteroatoms. The van der Waals surface area contributed by atoms with Crippen molar-refractivity contribution in [2.24, 2.45) is 0 Å². The monoisotopic (exact) mass is 1110 g/mol. The largest absolute Gasteiger partial charge is 0.394 e. The molecule has 6 fully saturated rings. The Balaban J connectivity index is 1.20. The van der Waals surface area contributed by atoms with Crippen molar-refractivity contribution in [1.82, 2.24) is 16.0 Å². The van der Waals surface area contributed by atoms with Crippen molar-refractivity contribution in [2.75, 3.05) is 39.6 Å². The Bertz CT molecular complexity index is 1870. The molecule has 0 bridgehead atoms. The second-order valence-corrected chi connectivity index (χ2v) is 19.0. The van der Waals surface area contributed by atoms with Gasteiger partial charge in [0.2, 0.25) is 17.7 Å². The fourth-order valence-electron chi connectivity index (χ4n) is 9.62. The van der Waals surface area contributed by atoms with E-state index in [9.17, 15) is 101 Å². The molecule has 6 saturated heterocycles. The van der Waals surface area contributed by atoms with Crippen LogP contribution in [0.15, 0.2) is 0 Å². The lowest BCUT2D eigenvalue weighted by Gasteiger charge is -2.50. The van der Waals surface area contributed by atoms with Crippen LogP contribution in [0.3, 0.4) is 0 Å². The van der Waals surface area contributed by atoms with Gasteiger partial charge in [-0.05, 0) is 0 Å². The van der Waals surface area contributed by atoms with E-state index in [1.54, 1.807) is 0 Å². The quantitative estimate of drug-likeness (QED) is 0.0571. The van der Waals surface area contributed by atoms with Crippen molar-refractivity contribution in [3.05, 3.63) is 0 Å². The van der Waals surface area contributed by atoms with E-state index >= 15 is 0 Å². The minimum Gasteiger partial charge on any atom is -0.394 e. The fraction of sp³-hybridized carbons (Fsp3) is 0.929. The van der Waals surface area contributed by atoms with Gasteiger partial charge in [0.15, 0.2) is 37.7 Å². The van der Waals surface area contributed by atoms with Crippen LogP contribution < -0.4 is 16.0 Å². The van der Waals surface area contributed by atoms with Gasteiger partial charge in [-0.1, -0.05) is 0 Å². The van der Waals surface area contributed by atoms with Crippen LogP contribution in [0.4, 0.5) is 0 Å². The van der Waals surface area contributed by atoms with Crippen LogP contribution in [-0.2, 0) is 66.5 Å². The van der Waals surface area contributed by atoms with Crippen LogP contribution in [0.1, 0.15) is 20.8 Å². The molecule has 0 saturated carbocycles. The number of aliphatic hydroxyl groups is 17. The second-order valence-electron chi connectivity index (χ2n) is 19.0. The molecular weight excluding hydrogens is 1040 g/mol. The predicted molar refractivity (Wildman–Crippen MR) is 234 cm³/mol. The Kier molecular flexibility index (Phi) is 22.3. The average Bonchev–Trinajstić information content (AvgIpc) is 3.38. The number of carbonyl (C=O) groups is 3. The Labute approximate surface area is 431 Å². The number of nitrogens with one attached hydrogen (secondary N) is 3. The molecule has 34 nitrogen and oxygen atoms in total. The lowest BCUT2D eigenvalue weighted by atomic mass is 9.94. The summed E-state index contributed by atoms with van der Waals surface area (Å²) in [5, 5.41) is 189. The first-order chi connectivity index (χ1) is 35.9. The topological polar surface area (TPSA) is 533 Å². The number of rotatable bonds is 19. The van der Waals surface area contributed by atoms with Crippen molar-refractivity contribution >= 4 is 17.7 Å². The SMILES string of the molecule is CC(=O)N[C@H]1[C@H](OC[C@H]2OC(O)[C@H](NC(C)=O)[C@@H](O[C@@H]3O[C@H](CO)[C@H](O)[C@H](O)[C@H]3O)[C@H]2O)O[C@H](CO)[C@@H](O[C@@H]2O[C@H](CO)[C@H](O)[C@H](O[C@@H]3O[C@H](CO)[C@@H](O)[C@H](O[C@@H]4O[C@H](CO)[C@H](O)[C@H](O)[C@H]4O)[C@H]3NC(C)=O)[C@H]2O)[C@@H]1O. The van der Waals surface area contributed by atoms with Crippen molar-refractivity contribution in [2.45, 2.75) is 205 Å². The molecule has 20 N–H and O–H groups in total. The first-order valence-corrected chi connectivity index (χ1v) is 24.1. The molecule has 0 spiro atoms. The molecule has 0 aromatic rings. The zero-order chi connectivity index (χ0) is 56.2. The number of aliphatic hydroxyl groups excluding tert-OH is 17. The van der Waals surface area contributed by atoms with Gasteiger partial charge in [-0.3, -0.25) is 14.4 Å². The smallest absolute Gasteiger partial charge is 0.217 e. The number of hydrogen-bond donors (Lipinski definition) is 20. The Morgan fingerprint density at radius 1 is 0.342 bits per heavy atom. The van der Waals surface area contributed by atoms with Gasteiger partial charge in [-0.2, -0.15) is 0 Å². The van der Waals surface area contributed by atoms with E-state index in [1.165, 1.54) is 0 Å². The van der Waals surface area contributed by atoms with Gasteiger partial charge >= 0.3 is 0 Å². The van der Waals surface area contributed by atoms with Crippen molar-refractivity contribution in [1.29, 1.82) is 0 Å². The van der Waals surface area contributed by atoms with Gasteiger partial charge in [-0.25, -0.2) is 0 Å². The van der Waals surface area contributed by atoms with Crippen molar-refractivity contribution in [3.8, 4) is 0 Å². The summed E-state index contributed by atoms with van der Waals surface area (Å²) in [6, 6.07) is -5.01. The predicted octanol–water partition coefficient (Wildman–Crippen LogP) is -13.7. The lowest BCUT2D eigenvalue weighted by Crippen LogP contribution is -2.70. The van der Waals surface area contributed by atoms with E-state index in [0.717, 1.165) is 20.8 Å². The third kappa shape index (κ3) is 13.7. The molecule has 6 aliphatic heterocycles. The van der Waals surface area contributed by atoms with Gasteiger partial charge in [-0.15, -0.1) is 0 Å². The maximum Gasteiger partial charge on any atom is 0.217 e. The van der Waals surface area contributed by atoms with E-state index in [-0.39, 0.29) is 0 Å². The first-order valence-electron chi connectivity index (χ1n) is 24.1. The van der Waals surface area contributed by atoms with E-state index in [1.807, 2.05) is 0 Å². The zero-order valence-corrected chi connectivity index (χ0v) is 40.9. The first kappa shape index (κ1) is 62.5. The molecule has 30 atom stereocenters. The summed E-state index contributed by atoms with van der Waals surface area (Å²) in [6.07, 6.45) is -50.4. The maximum atomic E-state index is 12.6. The Morgan fingerprint density at radius 2 is 0.697 bits per heavy atom. The molecule has 0 aromatic carbocycles. The third-order valence-corrected chi connectivity index (χ3v) is 13.6. The second kappa shape index (κ2) is 27.2. The minimum absolute atomic E-state index is 0.758. The van der Waals surface area contributed by atoms with Crippen LogP contribution in [-0.4, -0.2) is 328 Å². The highest BCUT2D eigenvalue weighted by Gasteiger charge is 2.57. The molecule has 6 rings (SSSR count). The highest BCUT2D eigenvalue weighted by molar-refractivity contribution is 5.74. The highest BCUT2D eigenvalue weighted by Crippen LogP contribution is 2.36. The summed E-state index contributed by atoms with van der Waals surface area (Å²) in [4.78, 5) is 37.3. The molecule has 3 amide bonds. The van der Waals surface area contributed by atoms with Crippen LogP contribution in [0.2, 0.25) is 0 Å². The van der Waals surface area contributed by atoms with Gasteiger partial charge in [0.1, 0.15) is 146 Å². The molecule has 440 valence electrons. The Hall–Kier alpha value is -2.71. The van der Waals surface area contributed by atoms with Crippen LogP contribution >= 0.6 is 0 Å². The maximum absolute atomic E-state index is 12.6. The molecule has 1 unspecified atom stereocenters. The Morgan fingerprint density at radius 3 is 1.17 bits per heavy atom. The summed E-state index contributed by atoms with van der Waals surface area (Å²) < 4.78 is 63.0. The van der Waals surface area contributed by atoms with Crippen molar-refractivity contribution in [3.63, 3.8) is 0 Å². The summed E-state index contributed by atoms with van der Waals surface area (Å²) in [7, 11) is 0. The molecule has 0 aromatic heterocycles. The molecule has 76 heavy (non-hydrogen) atoms. The molecule has 0 radical (unpaired) electrons. The van der Waals surface area contributed by atoms with E-state index < -0.39 is 241 Å². The van der Waals surface area contributed by atoms with Gasteiger partial charge in [0.05, 0.1) is 39.6 Å². The normalized spacial score (nSPS) is 48.2. The van der Waals surface area contributed by atoms with E-state index in [4.69, 9.17) is 52.1 Å². The zero-order valence-electron chi connectivity index (χ0n) is 40.9. The fourth-order valence-corrected chi connectivity index (χ4v) is 9.62. The number of hydrogen-bond acceptors (Lipinski definition) is 31. The van der Waals surface area contributed by atoms with Gasteiger partial charge < -0.3 is 155 Å². The summed E-state index contributed by atoms with van der Waals surface area (Å²) in [5.41, 5.74) is 0. The lowest BCUT2D eigenvalue weighted by molar-refractivity contribution is -0.378. The highest BCUT2D eigenvalue weighted by atomic mass is 16.8. The molecular formula is C42H71N3O31. The minimum atomic E-state index is -2.21. The summed E-state index contributed by atoms with van der Waals surface area (Å²) in [5.74, 6) is -2.41.